The predicted molar refractivity (Wildman–Crippen MR) is 68.7 cm³/mol. The molecule has 1 aromatic rings. The van der Waals surface area contributed by atoms with Crippen LogP contribution in [0.1, 0.15) is 38.1 Å². The van der Waals surface area contributed by atoms with E-state index >= 15 is 0 Å². The van der Waals surface area contributed by atoms with Crippen molar-refractivity contribution in [2.75, 3.05) is 12.3 Å². The second kappa shape index (κ2) is 4.24. The van der Waals surface area contributed by atoms with Crippen molar-refractivity contribution in [1.29, 1.82) is 0 Å². The van der Waals surface area contributed by atoms with Crippen molar-refractivity contribution in [3.8, 4) is 0 Å². The highest BCUT2D eigenvalue weighted by Gasteiger charge is 2.43. The first-order chi connectivity index (χ1) is 8.61. The van der Waals surface area contributed by atoms with E-state index in [4.69, 9.17) is 22.1 Å². The second-order valence-electron chi connectivity index (χ2n) is 5.19. The van der Waals surface area contributed by atoms with Crippen LogP contribution in [-0.2, 0) is 4.74 Å². The number of hydrogen-bond donors (Lipinski definition) is 1. The Kier molecular flexibility index (Phi) is 2.83. The average Bonchev–Trinajstić information content (AvgIpc) is 2.34. The number of nitrogens with zero attached hydrogens (tertiary/aromatic N) is 2. The molecule has 1 saturated carbocycles. The second-order valence-corrected chi connectivity index (χ2v) is 5.55. The fourth-order valence-corrected chi connectivity index (χ4v) is 3.01. The molecule has 2 heterocycles. The minimum absolute atomic E-state index is 0.00322. The molecule has 2 fully saturated rings. The van der Waals surface area contributed by atoms with E-state index in [0.717, 1.165) is 25.7 Å². The van der Waals surface area contributed by atoms with Crippen LogP contribution in [-0.4, -0.2) is 21.8 Å². The fraction of sp³-hybridized carbons (Fsp3) is 0.667. The summed E-state index contributed by atoms with van der Waals surface area (Å²) in [6, 6.07) is 0.124. The van der Waals surface area contributed by atoms with Gasteiger partial charge >= 0.3 is 0 Å². The standard InChI is InChI=1S/C12H16ClN3O2/c13-10-9(14)11(17)16(7-15-10)8-2-5-18-12(6-8)3-1-4-12/h7-8H,1-6,14H2. The van der Waals surface area contributed by atoms with Crippen molar-refractivity contribution in [2.24, 2.45) is 0 Å². The van der Waals surface area contributed by atoms with Crippen LogP contribution in [0.5, 0.6) is 0 Å². The first kappa shape index (κ1) is 12.0. The molecule has 3 rings (SSSR count). The maximum absolute atomic E-state index is 12.1. The lowest BCUT2D eigenvalue weighted by Crippen LogP contribution is -2.47. The van der Waals surface area contributed by atoms with Gasteiger partial charge in [0.05, 0.1) is 11.9 Å². The van der Waals surface area contributed by atoms with Gasteiger partial charge in [-0.2, -0.15) is 0 Å². The van der Waals surface area contributed by atoms with E-state index in [0.29, 0.717) is 6.61 Å². The molecule has 1 unspecified atom stereocenters. The van der Waals surface area contributed by atoms with Gasteiger partial charge in [0.25, 0.3) is 5.56 Å². The molecule has 98 valence electrons. The van der Waals surface area contributed by atoms with E-state index < -0.39 is 0 Å². The zero-order valence-electron chi connectivity index (χ0n) is 10.1. The smallest absolute Gasteiger partial charge is 0.278 e. The lowest BCUT2D eigenvalue weighted by atomic mass is 9.74. The van der Waals surface area contributed by atoms with Crippen LogP contribution >= 0.6 is 11.6 Å². The van der Waals surface area contributed by atoms with Gasteiger partial charge < -0.3 is 10.5 Å². The van der Waals surface area contributed by atoms with Crippen LogP contribution in [0.4, 0.5) is 5.69 Å². The highest BCUT2D eigenvalue weighted by atomic mass is 35.5. The fourth-order valence-electron chi connectivity index (χ4n) is 2.88. The van der Waals surface area contributed by atoms with E-state index in [1.165, 1.54) is 12.7 Å². The largest absolute Gasteiger partial charge is 0.392 e. The van der Waals surface area contributed by atoms with E-state index in [1.54, 1.807) is 4.57 Å². The quantitative estimate of drug-likeness (QED) is 0.789. The van der Waals surface area contributed by atoms with Crippen molar-refractivity contribution in [3.63, 3.8) is 0 Å². The monoisotopic (exact) mass is 269 g/mol. The predicted octanol–water partition coefficient (Wildman–Crippen LogP) is 1.75. The van der Waals surface area contributed by atoms with Crippen LogP contribution in [0.3, 0.4) is 0 Å². The van der Waals surface area contributed by atoms with Crippen LogP contribution in [0.25, 0.3) is 0 Å². The molecule has 1 spiro atoms. The Labute approximate surface area is 110 Å². The molecular formula is C12H16ClN3O2. The Bertz CT molecular complexity index is 525. The van der Waals surface area contributed by atoms with Gasteiger partial charge in [-0.1, -0.05) is 11.6 Å². The summed E-state index contributed by atoms with van der Waals surface area (Å²) in [5.41, 5.74) is 5.44. The third-order valence-corrected chi connectivity index (χ3v) is 4.41. The lowest BCUT2D eigenvalue weighted by molar-refractivity contribution is -0.140. The molecular weight excluding hydrogens is 254 g/mol. The minimum atomic E-state index is -0.239. The molecule has 1 aliphatic heterocycles. The highest BCUT2D eigenvalue weighted by Crippen LogP contribution is 2.45. The Balaban J connectivity index is 1.91. The van der Waals surface area contributed by atoms with E-state index in [1.807, 2.05) is 0 Å². The van der Waals surface area contributed by atoms with Gasteiger partial charge in [-0.3, -0.25) is 9.36 Å². The molecule has 0 bridgehead atoms. The Morgan fingerprint density at radius 3 is 3.00 bits per heavy atom. The van der Waals surface area contributed by atoms with Gasteiger partial charge in [0.2, 0.25) is 0 Å². The Hall–Kier alpha value is -1.07. The Morgan fingerprint density at radius 1 is 1.56 bits per heavy atom. The van der Waals surface area contributed by atoms with Gasteiger partial charge in [-0.15, -0.1) is 0 Å². The number of anilines is 1. The number of nitrogen functional groups attached to an aromatic ring is 1. The number of aromatic nitrogens is 2. The number of rotatable bonds is 1. The normalized spacial score (nSPS) is 25.9. The van der Waals surface area contributed by atoms with E-state index in [-0.39, 0.29) is 28.0 Å². The number of hydrogen-bond acceptors (Lipinski definition) is 4. The molecule has 1 aliphatic carbocycles. The summed E-state index contributed by atoms with van der Waals surface area (Å²) in [4.78, 5) is 16.0. The molecule has 6 heteroatoms. The van der Waals surface area contributed by atoms with Crippen molar-refractivity contribution < 1.29 is 4.74 Å². The van der Waals surface area contributed by atoms with Gasteiger partial charge in [0.15, 0.2) is 5.15 Å². The molecule has 1 aromatic heterocycles. The van der Waals surface area contributed by atoms with Gasteiger partial charge in [-0.25, -0.2) is 4.98 Å². The number of halogens is 1. The molecule has 1 saturated heterocycles. The summed E-state index contributed by atoms with van der Waals surface area (Å²) in [7, 11) is 0. The van der Waals surface area contributed by atoms with Crippen LogP contribution in [0.15, 0.2) is 11.1 Å². The number of ether oxygens (including phenoxy) is 1. The summed E-state index contributed by atoms with van der Waals surface area (Å²) in [6.07, 6.45) is 6.59. The van der Waals surface area contributed by atoms with Crippen LogP contribution in [0.2, 0.25) is 5.15 Å². The van der Waals surface area contributed by atoms with Crippen molar-refractivity contribution in [2.45, 2.75) is 43.7 Å². The summed E-state index contributed by atoms with van der Waals surface area (Å²) >= 11 is 5.75. The van der Waals surface area contributed by atoms with Crippen LogP contribution < -0.4 is 11.3 Å². The van der Waals surface area contributed by atoms with Crippen molar-refractivity contribution >= 4 is 17.3 Å². The SMILES string of the molecule is Nc1c(Cl)ncn(C2CCOC3(CCC3)C2)c1=O. The maximum Gasteiger partial charge on any atom is 0.278 e. The number of nitrogens with two attached hydrogens (primary N) is 1. The van der Waals surface area contributed by atoms with E-state index in [2.05, 4.69) is 4.98 Å². The average molecular weight is 270 g/mol. The van der Waals surface area contributed by atoms with Gasteiger partial charge in [0, 0.05) is 12.6 Å². The zero-order chi connectivity index (χ0) is 12.8. The first-order valence-electron chi connectivity index (χ1n) is 6.27. The molecule has 18 heavy (non-hydrogen) atoms. The lowest BCUT2D eigenvalue weighted by Gasteiger charge is -2.47. The summed E-state index contributed by atoms with van der Waals surface area (Å²) in [5.74, 6) is 0. The van der Waals surface area contributed by atoms with Crippen LogP contribution in [0, 0.1) is 0 Å². The molecule has 2 aliphatic rings. The van der Waals surface area contributed by atoms with E-state index in [9.17, 15) is 4.79 Å². The molecule has 0 amide bonds. The topological polar surface area (TPSA) is 70.1 Å². The summed E-state index contributed by atoms with van der Waals surface area (Å²) in [5, 5.41) is 0.0849. The zero-order valence-corrected chi connectivity index (χ0v) is 10.8. The summed E-state index contributed by atoms with van der Waals surface area (Å²) in [6.45, 7) is 0.694. The highest BCUT2D eigenvalue weighted by molar-refractivity contribution is 6.31. The molecule has 0 radical (unpaired) electrons. The minimum Gasteiger partial charge on any atom is -0.392 e. The molecule has 1 atom stereocenters. The first-order valence-corrected chi connectivity index (χ1v) is 6.65. The van der Waals surface area contributed by atoms with Gasteiger partial charge in [0.1, 0.15) is 5.69 Å². The molecule has 2 N–H and O–H groups in total. The molecule has 0 aromatic carbocycles. The third-order valence-electron chi connectivity index (χ3n) is 4.11. The third kappa shape index (κ3) is 1.82. The Morgan fingerprint density at radius 2 is 2.33 bits per heavy atom. The van der Waals surface area contributed by atoms with Crippen molar-refractivity contribution in [3.05, 3.63) is 21.8 Å². The maximum atomic E-state index is 12.1. The molecule has 5 nitrogen and oxygen atoms in total. The van der Waals surface area contributed by atoms with Gasteiger partial charge in [-0.05, 0) is 32.1 Å². The summed E-state index contributed by atoms with van der Waals surface area (Å²) < 4.78 is 7.47. The van der Waals surface area contributed by atoms with Crippen molar-refractivity contribution in [1.82, 2.24) is 9.55 Å².